The molecule has 3 rings (SSSR count). The van der Waals surface area contributed by atoms with E-state index in [-0.39, 0.29) is 5.91 Å². The number of benzene rings is 1. The van der Waals surface area contributed by atoms with E-state index in [1.165, 1.54) is 25.7 Å². The van der Waals surface area contributed by atoms with Gasteiger partial charge in [-0.3, -0.25) is 4.79 Å². The summed E-state index contributed by atoms with van der Waals surface area (Å²) in [4.78, 5) is 18.8. The summed E-state index contributed by atoms with van der Waals surface area (Å²) in [7, 11) is 3.56. The molecule has 6 heteroatoms. The molecule has 1 aromatic heterocycles. The van der Waals surface area contributed by atoms with Gasteiger partial charge in [-0.05, 0) is 37.1 Å². The first kappa shape index (κ1) is 18.4. The van der Waals surface area contributed by atoms with Crippen LogP contribution >= 0.6 is 0 Å². The summed E-state index contributed by atoms with van der Waals surface area (Å²) >= 11 is 0. The van der Waals surface area contributed by atoms with Crippen molar-refractivity contribution in [2.75, 3.05) is 14.2 Å². The van der Waals surface area contributed by atoms with Crippen LogP contribution in [0.2, 0.25) is 0 Å². The molecule has 0 saturated heterocycles. The summed E-state index contributed by atoms with van der Waals surface area (Å²) in [5, 5.41) is 4.02. The van der Waals surface area contributed by atoms with Gasteiger partial charge in [0, 0.05) is 31.5 Å². The Hall–Kier alpha value is -2.37. The molecule has 1 amide bonds. The van der Waals surface area contributed by atoms with E-state index in [0.717, 1.165) is 24.2 Å². The molecule has 6 nitrogen and oxygen atoms in total. The second kappa shape index (κ2) is 8.83. The van der Waals surface area contributed by atoms with Crippen molar-refractivity contribution >= 4 is 5.91 Å². The molecular formula is C20H27N3O3. The third-order valence-corrected chi connectivity index (χ3v) is 5.13. The van der Waals surface area contributed by atoms with Gasteiger partial charge in [0.25, 0.3) is 0 Å². The van der Waals surface area contributed by atoms with E-state index < -0.39 is 0 Å². The van der Waals surface area contributed by atoms with Crippen LogP contribution < -0.4 is 4.74 Å². The van der Waals surface area contributed by atoms with Crippen LogP contribution in [-0.4, -0.2) is 41.1 Å². The van der Waals surface area contributed by atoms with Crippen LogP contribution in [0.1, 0.15) is 50.8 Å². The Morgan fingerprint density at radius 1 is 1.19 bits per heavy atom. The summed E-state index contributed by atoms with van der Waals surface area (Å²) in [6, 6.07) is 7.87. The largest absolute Gasteiger partial charge is 0.497 e. The second-order valence-electron chi connectivity index (χ2n) is 6.89. The van der Waals surface area contributed by atoms with Crippen molar-refractivity contribution < 1.29 is 14.1 Å². The number of ether oxygens (including phenoxy) is 1. The second-order valence-corrected chi connectivity index (χ2v) is 6.89. The first-order chi connectivity index (χ1) is 12.7. The van der Waals surface area contributed by atoms with E-state index in [4.69, 9.17) is 9.26 Å². The molecule has 140 valence electrons. The SMILES string of the molecule is COc1ccc(-c2noc(CCC(=O)N(C)C3CCCCCC3)n2)cc1. The van der Waals surface area contributed by atoms with Gasteiger partial charge >= 0.3 is 0 Å². The summed E-state index contributed by atoms with van der Waals surface area (Å²) in [5.41, 5.74) is 0.864. The van der Waals surface area contributed by atoms with E-state index in [9.17, 15) is 4.79 Å². The van der Waals surface area contributed by atoms with Crippen LogP contribution in [0.15, 0.2) is 28.8 Å². The average Bonchev–Trinajstić information content (AvgIpc) is 2.99. The minimum Gasteiger partial charge on any atom is -0.497 e. The zero-order chi connectivity index (χ0) is 18.4. The fourth-order valence-electron chi connectivity index (χ4n) is 3.45. The van der Waals surface area contributed by atoms with Crippen LogP contribution in [0, 0.1) is 0 Å². The van der Waals surface area contributed by atoms with Crippen molar-refractivity contribution in [1.29, 1.82) is 0 Å². The van der Waals surface area contributed by atoms with E-state index >= 15 is 0 Å². The van der Waals surface area contributed by atoms with E-state index in [1.807, 2.05) is 36.2 Å². The van der Waals surface area contributed by atoms with Crippen LogP contribution in [0.4, 0.5) is 0 Å². The minimum absolute atomic E-state index is 0.154. The van der Waals surface area contributed by atoms with Crippen molar-refractivity contribution in [1.82, 2.24) is 15.0 Å². The number of carbonyl (C=O) groups excluding carboxylic acids is 1. The van der Waals surface area contributed by atoms with Crippen LogP contribution in [0.25, 0.3) is 11.4 Å². The summed E-state index contributed by atoms with van der Waals surface area (Å²) in [6.07, 6.45) is 8.11. The number of methoxy groups -OCH3 is 1. The van der Waals surface area contributed by atoms with Crippen LogP contribution in [-0.2, 0) is 11.2 Å². The first-order valence-electron chi connectivity index (χ1n) is 9.40. The number of hydrogen-bond donors (Lipinski definition) is 0. The van der Waals surface area contributed by atoms with Crippen molar-refractivity contribution in [2.45, 2.75) is 57.4 Å². The Kier molecular flexibility index (Phi) is 6.26. The van der Waals surface area contributed by atoms with Crippen molar-refractivity contribution in [3.63, 3.8) is 0 Å². The average molecular weight is 357 g/mol. The topological polar surface area (TPSA) is 68.5 Å². The van der Waals surface area contributed by atoms with Gasteiger partial charge in [0.1, 0.15) is 5.75 Å². The number of carbonyl (C=O) groups is 1. The van der Waals surface area contributed by atoms with Gasteiger partial charge in [0.15, 0.2) is 0 Å². The van der Waals surface area contributed by atoms with Gasteiger partial charge in [-0.2, -0.15) is 4.98 Å². The number of rotatable bonds is 6. The molecule has 26 heavy (non-hydrogen) atoms. The van der Waals surface area contributed by atoms with Gasteiger partial charge in [-0.1, -0.05) is 30.8 Å². The molecule has 0 spiro atoms. The predicted molar refractivity (Wildman–Crippen MR) is 98.9 cm³/mol. The molecule has 0 atom stereocenters. The lowest BCUT2D eigenvalue weighted by atomic mass is 10.1. The maximum Gasteiger partial charge on any atom is 0.227 e. The molecule has 0 radical (unpaired) electrons. The first-order valence-corrected chi connectivity index (χ1v) is 9.40. The molecular weight excluding hydrogens is 330 g/mol. The number of hydrogen-bond acceptors (Lipinski definition) is 5. The lowest BCUT2D eigenvalue weighted by Gasteiger charge is -2.27. The summed E-state index contributed by atoms with van der Waals surface area (Å²) < 4.78 is 10.5. The molecule has 1 heterocycles. The number of aromatic nitrogens is 2. The van der Waals surface area contributed by atoms with Crippen molar-refractivity contribution in [3.8, 4) is 17.1 Å². The molecule has 1 aromatic carbocycles. The Morgan fingerprint density at radius 3 is 2.54 bits per heavy atom. The van der Waals surface area contributed by atoms with E-state index in [0.29, 0.717) is 30.6 Å². The van der Waals surface area contributed by atoms with Crippen LogP contribution in [0.3, 0.4) is 0 Å². The lowest BCUT2D eigenvalue weighted by Crippen LogP contribution is -2.36. The fourth-order valence-corrected chi connectivity index (χ4v) is 3.45. The molecule has 1 aliphatic rings. The van der Waals surface area contributed by atoms with Gasteiger partial charge in [-0.25, -0.2) is 0 Å². The van der Waals surface area contributed by atoms with Crippen molar-refractivity contribution in [3.05, 3.63) is 30.2 Å². The molecule has 2 aromatic rings. The monoisotopic (exact) mass is 357 g/mol. The van der Waals surface area contributed by atoms with Crippen LogP contribution in [0.5, 0.6) is 5.75 Å². The molecule has 0 N–H and O–H groups in total. The van der Waals surface area contributed by atoms with Gasteiger partial charge in [0.05, 0.1) is 7.11 Å². The van der Waals surface area contributed by atoms with Gasteiger partial charge in [-0.15, -0.1) is 0 Å². The third kappa shape index (κ3) is 4.62. The fraction of sp³-hybridized carbons (Fsp3) is 0.550. The molecule has 0 unspecified atom stereocenters. The predicted octanol–water partition coefficient (Wildman–Crippen LogP) is 3.86. The highest BCUT2D eigenvalue weighted by atomic mass is 16.5. The third-order valence-electron chi connectivity index (χ3n) is 5.13. The summed E-state index contributed by atoms with van der Waals surface area (Å²) in [6.45, 7) is 0. The van der Waals surface area contributed by atoms with E-state index in [2.05, 4.69) is 10.1 Å². The summed E-state index contributed by atoms with van der Waals surface area (Å²) in [5.74, 6) is 1.97. The number of aryl methyl sites for hydroxylation is 1. The normalized spacial score (nSPS) is 15.5. The Labute approximate surface area is 154 Å². The van der Waals surface area contributed by atoms with Gasteiger partial charge < -0.3 is 14.2 Å². The zero-order valence-corrected chi connectivity index (χ0v) is 15.6. The maximum absolute atomic E-state index is 12.5. The molecule has 1 fully saturated rings. The number of nitrogens with zero attached hydrogens (tertiary/aromatic N) is 3. The molecule has 0 aliphatic heterocycles. The Morgan fingerprint density at radius 2 is 1.88 bits per heavy atom. The van der Waals surface area contributed by atoms with E-state index in [1.54, 1.807) is 7.11 Å². The van der Waals surface area contributed by atoms with Crippen molar-refractivity contribution in [2.24, 2.45) is 0 Å². The zero-order valence-electron chi connectivity index (χ0n) is 15.6. The Bertz CT molecular complexity index is 703. The minimum atomic E-state index is 0.154. The standard InChI is InChI=1S/C20H27N3O3/c1-23(16-7-5-3-4-6-8-16)19(24)14-13-18-21-20(22-26-18)15-9-11-17(25-2)12-10-15/h9-12,16H,3-8,13-14H2,1-2H3. The number of amides is 1. The molecule has 1 aliphatic carbocycles. The molecule has 0 bridgehead atoms. The maximum atomic E-state index is 12.5. The van der Waals surface area contributed by atoms with Gasteiger partial charge in [0.2, 0.25) is 17.6 Å². The highest BCUT2D eigenvalue weighted by Gasteiger charge is 2.21. The smallest absolute Gasteiger partial charge is 0.227 e. The highest BCUT2D eigenvalue weighted by molar-refractivity contribution is 5.76. The quantitative estimate of drug-likeness (QED) is 0.734. The highest BCUT2D eigenvalue weighted by Crippen LogP contribution is 2.22. The Balaban J connectivity index is 1.54. The lowest BCUT2D eigenvalue weighted by molar-refractivity contribution is -0.132. The molecule has 1 saturated carbocycles.